The summed E-state index contributed by atoms with van der Waals surface area (Å²) >= 11 is 5.69. The average Bonchev–Trinajstić information content (AvgIpc) is 2.02. The predicted octanol–water partition coefficient (Wildman–Crippen LogP) is 1.21. The van der Waals surface area contributed by atoms with E-state index in [2.05, 4.69) is 6.58 Å². The van der Waals surface area contributed by atoms with Gasteiger partial charge in [-0.25, -0.2) is 0 Å². The lowest BCUT2D eigenvalue weighted by atomic mass is 9.94. The van der Waals surface area contributed by atoms with Gasteiger partial charge in [-0.05, 0) is 7.05 Å². The largest absolute Gasteiger partial charge is 0.388 e. The molecule has 1 rings (SSSR count). The van der Waals surface area contributed by atoms with Gasteiger partial charge in [-0.3, -0.25) is 4.90 Å². The summed E-state index contributed by atoms with van der Waals surface area (Å²) in [5.74, 6) is 0. The molecule has 1 aliphatic rings. The second-order valence-corrected chi connectivity index (χ2v) is 4.56. The van der Waals surface area contributed by atoms with Crippen molar-refractivity contribution in [3.05, 3.63) is 11.6 Å². The van der Waals surface area contributed by atoms with E-state index in [0.29, 0.717) is 44.2 Å². The van der Waals surface area contributed by atoms with Crippen LogP contribution in [-0.4, -0.2) is 49.0 Å². The van der Waals surface area contributed by atoms with Crippen LogP contribution in [0.3, 0.4) is 0 Å². The van der Waals surface area contributed by atoms with Gasteiger partial charge in [0.25, 0.3) is 0 Å². The minimum atomic E-state index is -0.612. The first kappa shape index (κ1) is 12.0. The SMILES string of the molecule is C=C(Cl)CN(C)CC1(O)CCOCC1. The maximum absolute atomic E-state index is 10.2. The summed E-state index contributed by atoms with van der Waals surface area (Å²) in [5, 5.41) is 10.8. The number of aliphatic hydroxyl groups is 1. The Kier molecular flexibility index (Phi) is 4.38. The molecule has 4 heteroatoms. The zero-order chi connectivity index (χ0) is 10.6. The Labute approximate surface area is 90.3 Å². The van der Waals surface area contributed by atoms with Gasteiger partial charge in [0.15, 0.2) is 0 Å². The second kappa shape index (κ2) is 5.12. The first-order valence-electron chi connectivity index (χ1n) is 4.84. The molecule has 0 radical (unpaired) electrons. The summed E-state index contributed by atoms with van der Waals surface area (Å²) in [6, 6.07) is 0. The van der Waals surface area contributed by atoms with E-state index in [1.807, 2.05) is 11.9 Å². The fraction of sp³-hybridized carbons (Fsp3) is 0.800. The molecule has 0 unspecified atom stereocenters. The summed E-state index contributed by atoms with van der Waals surface area (Å²) < 4.78 is 5.21. The Morgan fingerprint density at radius 1 is 1.57 bits per heavy atom. The van der Waals surface area contributed by atoms with Crippen LogP contribution in [0, 0.1) is 0 Å². The minimum Gasteiger partial charge on any atom is -0.388 e. The molecule has 3 nitrogen and oxygen atoms in total. The monoisotopic (exact) mass is 219 g/mol. The van der Waals surface area contributed by atoms with Crippen molar-refractivity contribution in [3.63, 3.8) is 0 Å². The van der Waals surface area contributed by atoms with E-state index in [-0.39, 0.29) is 0 Å². The number of ether oxygens (including phenoxy) is 1. The molecule has 1 aliphatic heterocycles. The minimum absolute atomic E-state index is 0.600. The summed E-state index contributed by atoms with van der Waals surface area (Å²) in [4.78, 5) is 1.99. The first-order valence-corrected chi connectivity index (χ1v) is 5.22. The Morgan fingerprint density at radius 3 is 2.64 bits per heavy atom. The molecule has 1 N–H and O–H groups in total. The molecular weight excluding hydrogens is 202 g/mol. The second-order valence-electron chi connectivity index (χ2n) is 4.03. The van der Waals surface area contributed by atoms with Crippen molar-refractivity contribution in [1.82, 2.24) is 4.90 Å². The molecule has 0 saturated carbocycles. The van der Waals surface area contributed by atoms with E-state index < -0.39 is 5.60 Å². The highest BCUT2D eigenvalue weighted by Crippen LogP contribution is 2.21. The maximum atomic E-state index is 10.2. The molecule has 0 aromatic carbocycles. The summed E-state index contributed by atoms with van der Waals surface area (Å²) in [6.07, 6.45) is 1.40. The third-order valence-electron chi connectivity index (χ3n) is 2.43. The van der Waals surface area contributed by atoms with E-state index in [9.17, 15) is 5.11 Å². The summed E-state index contributed by atoms with van der Waals surface area (Å²) in [5.41, 5.74) is -0.612. The lowest BCUT2D eigenvalue weighted by Gasteiger charge is -2.35. The number of hydrogen-bond donors (Lipinski definition) is 1. The molecule has 0 aliphatic carbocycles. The van der Waals surface area contributed by atoms with Crippen LogP contribution in [0.1, 0.15) is 12.8 Å². The normalized spacial score (nSPS) is 21.1. The number of likely N-dealkylation sites (N-methyl/N-ethyl adjacent to an activating group) is 1. The van der Waals surface area contributed by atoms with E-state index in [0.717, 1.165) is 0 Å². The van der Waals surface area contributed by atoms with Gasteiger partial charge in [-0.1, -0.05) is 18.2 Å². The van der Waals surface area contributed by atoms with Crippen LogP contribution in [0.15, 0.2) is 11.6 Å². The third kappa shape index (κ3) is 3.96. The lowest BCUT2D eigenvalue weighted by Crippen LogP contribution is -2.45. The molecule has 1 heterocycles. The van der Waals surface area contributed by atoms with Crippen molar-refractivity contribution in [2.75, 3.05) is 33.4 Å². The number of halogens is 1. The zero-order valence-corrected chi connectivity index (χ0v) is 9.39. The number of hydrogen-bond acceptors (Lipinski definition) is 3. The van der Waals surface area contributed by atoms with Crippen LogP contribution >= 0.6 is 11.6 Å². The molecular formula is C10H18ClNO2. The van der Waals surface area contributed by atoms with Crippen molar-refractivity contribution in [3.8, 4) is 0 Å². The Bertz CT molecular complexity index is 202. The van der Waals surface area contributed by atoms with Crippen LogP contribution in [-0.2, 0) is 4.74 Å². The predicted molar refractivity (Wildman–Crippen MR) is 57.5 cm³/mol. The topological polar surface area (TPSA) is 32.7 Å². The zero-order valence-electron chi connectivity index (χ0n) is 8.63. The Morgan fingerprint density at radius 2 is 2.14 bits per heavy atom. The molecule has 0 aromatic rings. The summed E-state index contributed by atoms with van der Waals surface area (Å²) in [7, 11) is 1.93. The third-order valence-corrected chi connectivity index (χ3v) is 2.55. The Hall–Kier alpha value is -0.0900. The van der Waals surface area contributed by atoms with Gasteiger partial charge in [-0.15, -0.1) is 0 Å². The average molecular weight is 220 g/mol. The maximum Gasteiger partial charge on any atom is 0.0817 e. The summed E-state index contributed by atoms with van der Waals surface area (Å²) in [6.45, 7) is 6.16. The molecule has 0 amide bonds. The van der Waals surface area contributed by atoms with E-state index >= 15 is 0 Å². The fourth-order valence-corrected chi connectivity index (χ4v) is 1.96. The van der Waals surface area contributed by atoms with Gasteiger partial charge in [0.1, 0.15) is 0 Å². The molecule has 0 aromatic heterocycles. The highest BCUT2D eigenvalue weighted by molar-refractivity contribution is 6.29. The van der Waals surface area contributed by atoms with Gasteiger partial charge in [0, 0.05) is 44.2 Å². The first-order chi connectivity index (χ1) is 6.52. The molecule has 1 fully saturated rings. The van der Waals surface area contributed by atoms with E-state index in [1.165, 1.54) is 0 Å². The number of nitrogens with zero attached hydrogens (tertiary/aromatic N) is 1. The fourth-order valence-electron chi connectivity index (χ4n) is 1.76. The standard InChI is InChI=1S/C10H18ClNO2/c1-9(11)7-12(2)8-10(13)3-5-14-6-4-10/h13H,1,3-8H2,2H3. The van der Waals surface area contributed by atoms with Gasteiger partial charge >= 0.3 is 0 Å². The van der Waals surface area contributed by atoms with Crippen LogP contribution in [0.5, 0.6) is 0 Å². The van der Waals surface area contributed by atoms with Crippen LogP contribution in [0.4, 0.5) is 0 Å². The van der Waals surface area contributed by atoms with Crippen LogP contribution in [0.2, 0.25) is 0 Å². The molecule has 82 valence electrons. The van der Waals surface area contributed by atoms with Crippen LogP contribution in [0.25, 0.3) is 0 Å². The molecule has 0 spiro atoms. The molecule has 1 saturated heterocycles. The molecule has 14 heavy (non-hydrogen) atoms. The van der Waals surface area contributed by atoms with Crippen molar-refractivity contribution in [2.24, 2.45) is 0 Å². The number of rotatable bonds is 4. The smallest absolute Gasteiger partial charge is 0.0817 e. The molecule has 0 bridgehead atoms. The van der Waals surface area contributed by atoms with Gasteiger partial charge in [0.2, 0.25) is 0 Å². The van der Waals surface area contributed by atoms with E-state index in [4.69, 9.17) is 16.3 Å². The van der Waals surface area contributed by atoms with Gasteiger partial charge < -0.3 is 9.84 Å². The quantitative estimate of drug-likeness (QED) is 0.772. The van der Waals surface area contributed by atoms with Crippen molar-refractivity contribution >= 4 is 11.6 Å². The van der Waals surface area contributed by atoms with Crippen molar-refractivity contribution in [1.29, 1.82) is 0 Å². The Balaban J connectivity index is 2.36. The van der Waals surface area contributed by atoms with Crippen molar-refractivity contribution < 1.29 is 9.84 Å². The lowest BCUT2D eigenvalue weighted by molar-refractivity contribution is -0.0757. The van der Waals surface area contributed by atoms with Crippen molar-refractivity contribution in [2.45, 2.75) is 18.4 Å². The highest BCUT2D eigenvalue weighted by Gasteiger charge is 2.30. The van der Waals surface area contributed by atoms with E-state index in [1.54, 1.807) is 0 Å². The van der Waals surface area contributed by atoms with Gasteiger partial charge in [-0.2, -0.15) is 0 Å². The highest BCUT2D eigenvalue weighted by atomic mass is 35.5. The van der Waals surface area contributed by atoms with Crippen LogP contribution < -0.4 is 0 Å². The van der Waals surface area contributed by atoms with Gasteiger partial charge in [0.05, 0.1) is 5.60 Å². The molecule has 0 atom stereocenters.